The average Bonchev–Trinajstić information content (AvgIpc) is 3.49. The van der Waals surface area contributed by atoms with Crippen LogP contribution in [0.1, 0.15) is 39.6 Å². The number of nitrogens with zero attached hydrogens (tertiary/aromatic N) is 5. The van der Waals surface area contributed by atoms with Crippen LogP contribution in [0.25, 0.3) is 21.7 Å². The van der Waals surface area contributed by atoms with E-state index in [9.17, 15) is 18.0 Å². The number of oxazole rings is 1. The molecular formula is C23H21F3N6O3S. The molecule has 1 atom stereocenters. The highest BCUT2D eigenvalue weighted by molar-refractivity contribution is 7.15. The largest absolute Gasteiger partial charge is 0.451 e. The minimum Gasteiger partial charge on any atom is -0.423 e. The molecule has 4 heterocycles. The first-order chi connectivity index (χ1) is 17.2. The zero-order chi connectivity index (χ0) is 25.4. The van der Waals surface area contributed by atoms with Crippen LogP contribution in [0, 0.1) is 6.92 Å². The SMILES string of the molecule is Cc1cnc(-c2cc(C(=O)N[C@H](C)c3cnc(C(F)(F)F)nc3)cc3oc(N4CCOCC4)nc23)s1. The molecule has 9 nitrogen and oxygen atoms in total. The average molecular weight is 519 g/mol. The van der Waals surface area contributed by atoms with Crippen LogP contribution in [0.4, 0.5) is 19.2 Å². The summed E-state index contributed by atoms with van der Waals surface area (Å²) >= 11 is 1.47. The van der Waals surface area contributed by atoms with Gasteiger partial charge in [0.05, 0.1) is 19.3 Å². The van der Waals surface area contributed by atoms with Crippen molar-refractivity contribution in [2.24, 2.45) is 0 Å². The Morgan fingerprint density at radius 3 is 2.50 bits per heavy atom. The summed E-state index contributed by atoms with van der Waals surface area (Å²) in [6, 6.07) is 3.09. The lowest BCUT2D eigenvalue weighted by Crippen LogP contribution is -2.36. The predicted molar refractivity (Wildman–Crippen MR) is 126 cm³/mol. The Balaban J connectivity index is 1.46. The third-order valence-corrected chi connectivity index (χ3v) is 6.60. The second-order valence-corrected chi connectivity index (χ2v) is 9.51. The van der Waals surface area contributed by atoms with Crippen molar-refractivity contribution >= 4 is 34.4 Å². The van der Waals surface area contributed by atoms with E-state index >= 15 is 0 Å². The maximum absolute atomic E-state index is 13.2. The van der Waals surface area contributed by atoms with Gasteiger partial charge in [0, 0.05) is 53.2 Å². The number of hydrogen-bond acceptors (Lipinski definition) is 9. The molecule has 0 radical (unpaired) electrons. The van der Waals surface area contributed by atoms with E-state index in [2.05, 4.69) is 25.3 Å². The van der Waals surface area contributed by atoms with Gasteiger partial charge in [0.2, 0.25) is 5.82 Å². The molecule has 36 heavy (non-hydrogen) atoms. The van der Waals surface area contributed by atoms with Crippen LogP contribution >= 0.6 is 11.3 Å². The Morgan fingerprint density at radius 1 is 1.14 bits per heavy atom. The van der Waals surface area contributed by atoms with Crippen molar-refractivity contribution in [2.75, 3.05) is 31.2 Å². The summed E-state index contributed by atoms with van der Waals surface area (Å²) < 4.78 is 49.7. The van der Waals surface area contributed by atoms with E-state index in [1.165, 1.54) is 11.3 Å². The number of ether oxygens (including phenoxy) is 1. The van der Waals surface area contributed by atoms with Crippen LogP contribution in [0.15, 0.2) is 35.1 Å². The molecule has 13 heteroatoms. The molecule has 5 rings (SSSR count). The van der Waals surface area contributed by atoms with Crippen LogP contribution in [0.5, 0.6) is 0 Å². The monoisotopic (exact) mass is 518 g/mol. The third kappa shape index (κ3) is 4.88. The number of carbonyl (C=O) groups excluding carboxylic acids is 1. The minimum atomic E-state index is -4.64. The lowest BCUT2D eigenvalue weighted by atomic mass is 10.1. The number of aryl methyl sites for hydroxylation is 1. The van der Waals surface area contributed by atoms with Gasteiger partial charge in [0.1, 0.15) is 10.5 Å². The quantitative estimate of drug-likeness (QED) is 0.415. The summed E-state index contributed by atoms with van der Waals surface area (Å²) in [7, 11) is 0. The maximum atomic E-state index is 13.2. The standard InChI is InChI=1S/C23H21F3N6O3S/c1-12-9-27-20(36-12)16-7-14(8-17-18(16)31-22(35-17)32-3-5-34-6-4-32)19(33)30-13(2)15-10-28-21(29-11-15)23(24,25)26/h7-11,13H,3-6H2,1-2H3,(H,30,33)/t13-/m1/s1. The molecule has 3 aromatic heterocycles. The minimum absolute atomic E-state index is 0.301. The number of alkyl halides is 3. The summed E-state index contributed by atoms with van der Waals surface area (Å²) in [5, 5.41) is 3.48. The van der Waals surface area contributed by atoms with Gasteiger partial charge >= 0.3 is 6.18 Å². The number of nitrogens with one attached hydrogen (secondary N) is 1. The Morgan fingerprint density at radius 2 is 1.86 bits per heavy atom. The van der Waals surface area contributed by atoms with Crippen LogP contribution in [0.2, 0.25) is 0 Å². The van der Waals surface area contributed by atoms with Crippen LogP contribution in [0.3, 0.4) is 0 Å². The van der Waals surface area contributed by atoms with E-state index in [0.717, 1.165) is 17.3 Å². The van der Waals surface area contributed by atoms with Crippen LogP contribution in [-0.4, -0.2) is 52.1 Å². The fourth-order valence-corrected chi connectivity index (χ4v) is 4.53. The van der Waals surface area contributed by atoms with Crippen molar-refractivity contribution in [3.63, 3.8) is 0 Å². The van der Waals surface area contributed by atoms with Gasteiger partial charge in [-0.05, 0) is 26.0 Å². The lowest BCUT2D eigenvalue weighted by molar-refractivity contribution is -0.145. The molecule has 1 N–H and O–H groups in total. The molecule has 1 aliphatic heterocycles. The van der Waals surface area contributed by atoms with Gasteiger partial charge in [-0.15, -0.1) is 11.3 Å². The molecule has 1 fully saturated rings. The predicted octanol–water partition coefficient (Wildman–Crippen LogP) is 4.40. The van der Waals surface area contributed by atoms with Crippen molar-refractivity contribution in [3.05, 3.63) is 52.6 Å². The van der Waals surface area contributed by atoms with Crippen molar-refractivity contribution in [1.29, 1.82) is 0 Å². The molecule has 1 amide bonds. The van der Waals surface area contributed by atoms with Gasteiger partial charge in [-0.3, -0.25) is 4.79 Å². The molecule has 0 spiro atoms. The summed E-state index contributed by atoms with van der Waals surface area (Å²) in [5.74, 6) is -1.68. The first kappa shape index (κ1) is 24.1. The summed E-state index contributed by atoms with van der Waals surface area (Å²) in [5.41, 5.74) is 2.31. The summed E-state index contributed by atoms with van der Waals surface area (Å²) in [6.45, 7) is 5.98. The second-order valence-electron chi connectivity index (χ2n) is 8.28. The number of thiazole rings is 1. The number of hydrogen-bond donors (Lipinski definition) is 1. The molecular weight excluding hydrogens is 497 g/mol. The number of rotatable bonds is 5. The van der Waals surface area contributed by atoms with E-state index in [1.54, 1.807) is 25.3 Å². The number of carbonyl (C=O) groups is 1. The number of amides is 1. The maximum Gasteiger partial charge on any atom is 0.451 e. The molecule has 1 saturated heterocycles. The highest BCUT2D eigenvalue weighted by Gasteiger charge is 2.34. The lowest BCUT2D eigenvalue weighted by Gasteiger charge is -2.24. The van der Waals surface area contributed by atoms with E-state index in [0.29, 0.717) is 65.1 Å². The van der Waals surface area contributed by atoms with Gasteiger partial charge in [-0.1, -0.05) is 0 Å². The van der Waals surface area contributed by atoms with Gasteiger partial charge in [-0.2, -0.15) is 18.2 Å². The fraction of sp³-hybridized carbons (Fsp3) is 0.348. The fourth-order valence-electron chi connectivity index (χ4n) is 3.75. The molecule has 0 bridgehead atoms. The number of fused-ring (bicyclic) bond motifs is 1. The Labute approximate surface area is 207 Å². The van der Waals surface area contributed by atoms with E-state index in [-0.39, 0.29) is 0 Å². The van der Waals surface area contributed by atoms with Crippen molar-refractivity contribution in [2.45, 2.75) is 26.1 Å². The van der Waals surface area contributed by atoms with Gasteiger partial charge in [0.15, 0.2) is 5.58 Å². The molecule has 4 aromatic rings. The van der Waals surface area contributed by atoms with Crippen molar-refractivity contribution < 1.29 is 27.1 Å². The van der Waals surface area contributed by atoms with Crippen LogP contribution in [-0.2, 0) is 10.9 Å². The molecule has 0 saturated carbocycles. The summed E-state index contributed by atoms with van der Waals surface area (Å²) in [4.78, 5) is 32.0. The molecule has 0 aliphatic carbocycles. The first-order valence-electron chi connectivity index (χ1n) is 11.1. The molecule has 0 unspecified atom stereocenters. The van der Waals surface area contributed by atoms with E-state index in [4.69, 9.17) is 9.15 Å². The third-order valence-electron chi connectivity index (χ3n) is 5.65. The van der Waals surface area contributed by atoms with Gasteiger partial charge < -0.3 is 19.4 Å². The first-order valence-corrected chi connectivity index (χ1v) is 11.9. The number of benzene rings is 1. The molecule has 1 aromatic carbocycles. The van der Waals surface area contributed by atoms with Crippen LogP contribution < -0.4 is 10.2 Å². The Hall–Kier alpha value is -3.58. The second kappa shape index (κ2) is 9.47. The number of aromatic nitrogens is 4. The number of anilines is 1. The molecule has 188 valence electrons. The normalized spacial score (nSPS) is 15.3. The number of morpholine rings is 1. The van der Waals surface area contributed by atoms with E-state index < -0.39 is 23.9 Å². The summed E-state index contributed by atoms with van der Waals surface area (Å²) in [6.07, 6.45) is -0.784. The Bertz CT molecular complexity index is 1400. The molecule has 1 aliphatic rings. The number of halogens is 3. The zero-order valence-electron chi connectivity index (χ0n) is 19.3. The van der Waals surface area contributed by atoms with Gasteiger partial charge in [-0.25, -0.2) is 15.0 Å². The van der Waals surface area contributed by atoms with E-state index in [1.807, 2.05) is 11.8 Å². The van der Waals surface area contributed by atoms with Crippen molar-refractivity contribution in [1.82, 2.24) is 25.3 Å². The van der Waals surface area contributed by atoms with Gasteiger partial charge in [0.25, 0.3) is 11.9 Å². The highest BCUT2D eigenvalue weighted by Crippen LogP contribution is 2.35. The zero-order valence-corrected chi connectivity index (χ0v) is 20.1. The van der Waals surface area contributed by atoms with Crippen molar-refractivity contribution in [3.8, 4) is 10.6 Å². The Kier molecular flexibility index (Phi) is 6.35. The highest BCUT2D eigenvalue weighted by atomic mass is 32.1. The topological polar surface area (TPSA) is 106 Å². The smallest absolute Gasteiger partial charge is 0.423 e.